The van der Waals surface area contributed by atoms with Crippen molar-refractivity contribution in [3.63, 3.8) is 0 Å². The first-order chi connectivity index (χ1) is 8.56. The highest BCUT2D eigenvalue weighted by Gasteiger charge is 2.45. The molecule has 1 fully saturated rings. The molecule has 0 bridgehead atoms. The van der Waals surface area contributed by atoms with E-state index in [1.165, 1.54) is 0 Å². The van der Waals surface area contributed by atoms with E-state index < -0.39 is 5.41 Å². The zero-order chi connectivity index (χ0) is 13.6. The molecule has 0 aromatic rings. The van der Waals surface area contributed by atoms with Crippen LogP contribution >= 0.6 is 0 Å². The Balaban J connectivity index is 2.59. The number of nitrogens with zero attached hydrogens (tertiary/aromatic N) is 1. The zero-order valence-electron chi connectivity index (χ0n) is 10.5. The smallest absolute Gasteiger partial charge is 0.233 e. The maximum atomic E-state index is 12.1. The lowest BCUT2D eigenvalue weighted by atomic mass is 9.84. The molecule has 0 atom stereocenters. The van der Waals surface area contributed by atoms with Gasteiger partial charge in [-0.25, -0.2) is 0 Å². The van der Waals surface area contributed by atoms with Crippen LogP contribution in [0.15, 0.2) is 5.16 Å². The summed E-state index contributed by atoms with van der Waals surface area (Å²) in [5, 5.41) is 16.9. The van der Waals surface area contributed by atoms with E-state index >= 15 is 0 Å². The predicted molar refractivity (Wildman–Crippen MR) is 66.0 cm³/mol. The van der Waals surface area contributed by atoms with Crippen LogP contribution in [0.3, 0.4) is 0 Å². The molecule has 102 valence electrons. The molecule has 0 spiro atoms. The molecule has 0 heterocycles. The maximum absolute atomic E-state index is 12.1. The van der Waals surface area contributed by atoms with Crippen LogP contribution in [0.1, 0.15) is 32.1 Å². The summed E-state index contributed by atoms with van der Waals surface area (Å²) in [6.07, 6.45) is 3.12. The molecule has 7 heteroatoms. The van der Waals surface area contributed by atoms with Gasteiger partial charge >= 0.3 is 0 Å². The first kappa shape index (κ1) is 14.3. The van der Waals surface area contributed by atoms with Gasteiger partial charge in [-0.2, -0.15) is 0 Å². The number of carbonyl (C=O) groups is 2. The lowest BCUT2D eigenvalue weighted by Gasteiger charge is -2.25. The standard InChI is InChI=1S/C11H20N4O3/c1-13-8(16)4-7-14-10(17)11(9(12)15-18)5-2-3-6-11/h18H,2-7H2,1H3,(H2,12,15)(H,13,16)(H,14,17). The molecule has 0 saturated heterocycles. The first-order valence-electron chi connectivity index (χ1n) is 6.03. The van der Waals surface area contributed by atoms with Crippen molar-refractivity contribution in [1.29, 1.82) is 0 Å². The molecule has 1 rings (SSSR count). The fourth-order valence-electron chi connectivity index (χ4n) is 2.26. The summed E-state index contributed by atoms with van der Waals surface area (Å²) in [5.74, 6) is -0.448. The van der Waals surface area contributed by atoms with E-state index in [2.05, 4.69) is 15.8 Å². The molecule has 0 aromatic heterocycles. The van der Waals surface area contributed by atoms with Gasteiger partial charge in [-0.05, 0) is 12.8 Å². The number of rotatable bonds is 5. The van der Waals surface area contributed by atoms with E-state index in [9.17, 15) is 9.59 Å². The van der Waals surface area contributed by atoms with Gasteiger partial charge in [0, 0.05) is 20.0 Å². The van der Waals surface area contributed by atoms with Crippen molar-refractivity contribution in [1.82, 2.24) is 10.6 Å². The summed E-state index contributed by atoms with van der Waals surface area (Å²) in [5.41, 5.74) is 4.73. The van der Waals surface area contributed by atoms with Crippen molar-refractivity contribution in [2.45, 2.75) is 32.1 Å². The van der Waals surface area contributed by atoms with E-state index in [0.717, 1.165) is 12.8 Å². The molecule has 1 aliphatic rings. The van der Waals surface area contributed by atoms with Crippen LogP contribution in [0.2, 0.25) is 0 Å². The summed E-state index contributed by atoms with van der Waals surface area (Å²) in [7, 11) is 1.54. The van der Waals surface area contributed by atoms with Gasteiger partial charge in [-0.3, -0.25) is 9.59 Å². The highest BCUT2D eigenvalue weighted by molar-refractivity contribution is 6.07. The lowest BCUT2D eigenvalue weighted by molar-refractivity contribution is -0.127. The Morgan fingerprint density at radius 3 is 2.50 bits per heavy atom. The second kappa shape index (κ2) is 6.23. The Bertz CT molecular complexity index is 348. The Labute approximate surface area is 106 Å². The number of carbonyl (C=O) groups excluding carboxylic acids is 2. The van der Waals surface area contributed by atoms with Crippen molar-refractivity contribution in [3.8, 4) is 0 Å². The largest absolute Gasteiger partial charge is 0.409 e. The van der Waals surface area contributed by atoms with Crippen LogP contribution in [0, 0.1) is 5.41 Å². The minimum Gasteiger partial charge on any atom is -0.409 e. The number of hydrogen-bond acceptors (Lipinski definition) is 4. The van der Waals surface area contributed by atoms with E-state index in [0.29, 0.717) is 12.8 Å². The molecule has 0 aromatic carbocycles. The fraction of sp³-hybridized carbons (Fsp3) is 0.727. The average Bonchev–Trinajstić information content (AvgIpc) is 2.88. The monoisotopic (exact) mass is 256 g/mol. The van der Waals surface area contributed by atoms with Crippen molar-refractivity contribution in [3.05, 3.63) is 0 Å². The quantitative estimate of drug-likeness (QED) is 0.230. The molecular weight excluding hydrogens is 236 g/mol. The van der Waals surface area contributed by atoms with Crippen LogP contribution in [-0.2, 0) is 9.59 Å². The van der Waals surface area contributed by atoms with Gasteiger partial charge in [0.05, 0.1) is 0 Å². The number of oxime groups is 1. The third kappa shape index (κ3) is 2.91. The average molecular weight is 256 g/mol. The van der Waals surface area contributed by atoms with Crippen LogP contribution in [0.4, 0.5) is 0 Å². The minimum absolute atomic E-state index is 0.0440. The molecule has 1 aliphatic carbocycles. The van der Waals surface area contributed by atoms with Crippen LogP contribution < -0.4 is 16.4 Å². The van der Waals surface area contributed by atoms with E-state index in [4.69, 9.17) is 10.9 Å². The molecule has 0 radical (unpaired) electrons. The molecule has 7 nitrogen and oxygen atoms in total. The maximum Gasteiger partial charge on any atom is 0.233 e. The molecule has 2 amide bonds. The van der Waals surface area contributed by atoms with Gasteiger partial charge in [0.2, 0.25) is 11.8 Å². The van der Waals surface area contributed by atoms with Crippen molar-refractivity contribution in [2.24, 2.45) is 16.3 Å². The van der Waals surface area contributed by atoms with Gasteiger partial charge in [0.15, 0.2) is 5.84 Å². The summed E-state index contributed by atoms with van der Waals surface area (Å²) in [4.78, 5) is 23.2. The SMILES string of the molecule is CNC(=O)CCNC(=O)C1(C(N)=NO)CCCC1. The third-order valence-corrected chi connectivity index (χ3v) is 3.41. The fourth-order valence-corrected chi connectivity index (χ4v) is 2.26. The van der Waals surface area contributed by atoms with Crippen molar-refractivity contribution >= 4 is 17.6 Å². The van der Waals surface area contributed by atoms with Crippen LogP contribution in [0.25, 0.3) is 0 Å². The second-order valence-corrected chi connectivity index (χ2v) is 4.45. The normalized spacial score (nSPS) is 18.4. The predicted octanol–water partition coefficient (Wildman–Crippen LogP) is -0.454. The van der Waals surface area contributed by atoms with Gasteiger partial charge in [-0.15, -0.1) is 0 Å². The third-order valence-electron chi connectivity index (χ3n) is 3.41. The molecule has 18 heavy (non-hydrogen) atoms. The van der Waals surface area contributed by atoms with Crippen molar-refractivity contribution < 1.29 is 14.8 Å². The second-order valence-electron chi connectivity index (χ2n) is 4.45. The van der Waals surface area contributed by atoms with Gasteiger partial charge in [0.1, 0.15) is 5.41 Å². The highest BCUT2D eigenvalue weighted by atomic mass is 16.4. The lowest BCUT2D eigenvalue weighted by Crippen LogP contribution is -2.48. The Hall–Kier alpha value is -1.79. The molecule has 0 unspecified atom stereocenters. The Morgan fingerprint density at radius 1 is 1.39 bits per heavy atom. The summed E-state index contributed by atoms with van der Waals surface area (Å²) >= 11 is 0. The number of nitrogens with two attached hydrogens (primary N) is 1. The minimum atomic E-state index is -0.905. The summed E-state index contributed by atoms with van der Waals surface area (Å²) in [6, 6.07) is 0. The van der Waals surface area contributed by atoms with E-state index in [-0.39, 0.29) is 30.6 Å². The van der Waals surface area contributed by atoms with Crippen molar-refractivity contribution in [2.75, 3.05) is 13.6 Å². The zero-order valence-corrected chi connectivity index (χ0v) is 10.5. The molecule has 1 saturated carbocycles. The number of hydrogen-bond donors (Lipinski definition) is 4. The Morgan fingerprint density at radius 2 is 2.00 bits per heavy atom. The number of nitrogens with one attached hydrogen (secondary N) is 2. The van der Waals surface area contributed by atoms with Gasteiger partial charge in [-0.1, -0.05) is 18.0 Å². The number of amidine groups is 1. The number of amides is 2. The topological polar surface area (TPSA) is 117 Å². The van der Waals surface area contributed by atoms with E-state index in [1.807, 2.05) is 0 Å². The van der Waals surface area contributed by atoms with E-state index in [1.54, 1.807) is 7.05 Å². The summed E-state index contributed by atoms with van der Waals surface area (Å²) < 4.78 is 0. The van der Waals surface area contributed by atoms with Crippen LogP contribution in [-0.4, -0.2) is 36.4 Å². The summed E-state index contributed by atoms with van der Waals surface area (Å²) in [6.45, 7) is 0.249. The van der Waals surface area contributed by atoms with Gasteiger partial charge < -0.3 is 21.6 Å². The van der Waals surface area contributed by atoms with Gasteiger partial charge in [0.25, 0.3) is 0 Å². The Kier molecular flexibility index (Phi) is 4.94. The highest BCUT2D eigenvalue weighted by Crippen LogP contribution is 2.38. The molecular formula is C11H20N4O3. The molecule has 0 aliphatic heterocycles. The van der Waals surface area contributed by atoms with Crippen LogP contribution in [0.5, 0.6) is 0 Å². The molecule has 5 N–H and O–H groups in total. The first-order valence-corrected chi connectivity index (χ1v) is 6.03.